The smallest absolute Gasteiger partial charge is 0.410 e. The normalized spacial score (nSPS) is 13.9. The molecule has 1 aliphatic heterocycles. The molecule has 0 atom stereocenters. The molecule has 0 saturated carbocycles. The number of hydrogen-bond acceptors (Lipinski definition) is 5. The van der Waals surface area contributed by atoms with Gasteiger partial charge in [0.15, 0.2) is 0 Å². The fourth-order valence-electron chi connectivity index (χ4n) is 3.42. The quantitative estimate of drug-likeness (QED) is 0.599. The third-order valence-corrected chi connectivity index (χ3v) is 5.36. The van der Waals surface area contributed by atoms with Crippen LogP contribution in [0.2, 0.25) is 5.02 Å². The van der Waals surface area contributed by atoms with Crippen LogP contribution in [-0.2, 0) is 0 Å². The van der Waals surface area contributed by atoms with Gasteiger partial charge in [-0.15, -0.1) is 0 Å². The molecule has 31 heavy (non-hydrogen) atoms. The second kappa shape index (κ2) is 8.77. The highest BCUT2D eigenvalue weighted by atomic mass is 35.5. The number of carbonyl (C=O) groups excluding carboxylic acids is 2. The molecule has 1 aromatic heterocycles. The van der Waals surface area contributed by atoms with E-state index in [2.05, 4.69) is 5.16 Å². The summed E-state index contributed by atoms with van der Waals surface area (Å²) in [6, 6.07) is 13.0. The van der Waals surface area contributed by atoms with Crippen LogP contribution in [0.4, 0.5) is 9.18 Å². The number of rotatable bonds is 3. The van der Waals surface area contributed by atoms with Crippen LogP contribution in [0.25, 0.3) is 11.3 Å². The maximum Gasteiger partial charge on any atom is 0.415 e. The minimum atomic E-state index is -0.594. The molecule has 2 amide bonds. The van der Waals surface area contributed by atoms with Crippen molar-refractivity contribution in [3.05, 3.63) is 70.7 Å². The average molecular weight is 444 g/mol. The molecule has 1 aliphatic rings. The van der Waals surface area contributed by atoms with Crippen molar-refractivity contribution in [2.45, 2.75) is 6.92 Å². The molecule has 4 rings (SSSR count). The molecular formula is C22H19ClFN3O4. The minimum absolute atomic E-state index is 0.0226. The molecule has 0 spiro atoms. The van der Waals surface area contributed by atoms with Crippen LogP contribution in [0.5, 0.6) is 5.75 Å². The van der Waals surface area contributed by atoms with Gasteiger partial charge in [-0.2, -0.15) is 0 Å². The maximum absolute atomic E-state index is 14.4. The summed E-state index contributed by atoms with van der Waals surface area (Å²) in [5, 5.41) is 4.02. The molecule has 0 aliphatic carbocycles. The van der Waals surface area contributed by atoms with E-state index in [-0.39, 0.29) is 46.6 Å². The molecule has 2 aromatic carbocycles. The van der Waals surface area contributed by atoms with E-state index in [1.165, 1.54) is 23.1 Å². The summed E-state index contributed by atoms with van der Waals surface area (Å²) >= 11 is 6.15. The zero-order valence-corrected chi connectivity index (χ0v) is 17.4. The minimum Gasteiger partial charge on any atom is -0.410 e. The molecule has 0 N–H and O–H groups in total. The fraction of sp³-hybridized carbons (Fsp3) is 0.227. The van der Waals surface area contributed by atoms with E-state index in [1.807, 2.05) is 6.07 Å². The zero-order chi connectivity index (χ0) is 22.0. The first-order valence-corrected chi connectivity index (χ1v) is 10.0. The number of carbonyl (C=O) groups is 2. The second-order valence-corrected chi connectivity index (χ2v) is 7.43. The van der Waals surface area contributed by atoms with Crippen LogP contribution in [0.3, 0.4) is 0 Å². The van der Waals surface area contributed by atoms with Gasteiger partial charge in [0.25, 0.3) is 5.91 Å². The van der Waals surface area contributed by atoms with Gasteiger partial charge in [0.1, 0.15) is 28.6 Å². The van der Waals surface area contributed by atoms with Gasteiger partial charge in [0.05, 0.1) is 10.6 Å². The molecule has 2 heterocycles. The van der Waals surface area contributed by atoms with E-state index < -0.39 is 11.9 Å². The summed E-state index contributed by atoms with van der Waals surface area (Å²) in [5.74, 6) is -0.227. The van der Waals surface area contributed by atoms with E-state index in [0.29, 0.717) is 18.8 Å². The Morgan fingerprint density at radius 2 is 1.71 bits per heavy atom. The van der Waals surface area contributed by atoms with Crippen LogP contribution in [0, 0.1) is 12.7 Å². The van der Waals surface area contributed by atoms with Crippen molar-refractivity contribution >= 4 is 23.6 Å². The lowest BCUT2D eigenvalue weighted by molar-refractivity contribution is 0.0632. The Kier molecular flexibility index (Phi) is 5.90. The number of piperazine rings is 1. The molecule has 7 nitrogen and oxygen atoms in total. The van der Waals surface area contributed by atoms with Gasteiger partial charge in [0, 0.05) is 26.2 Å². The van der Waals surface area contributed by atoms with Gasteiger partial charge < -0.3 is 19.1 Å². The topological polar surface area (TPSA) is 75.9 Å². The van der Waals surface area contributed by atoms with E-state index >= 15 is 0 Å². The van der Waals surface area contributed by atoms with Gasteiger partial charge >= 0.3 is 6.09 Å². The molecule has 0 radical (unpaired) electrons. The third kappa shape index (κ3) is 4.25. The average Bonchev–Trinajstić information content (AvgIpc) is 3.15. The van der Waals surface area contributed by atoms with Crippen LogP contribution < -0.4 is 4.74 Å². The highest BCUT2D eigenvalue weighted by Gasteiger charge is 2.31. The summed E-state index contributed by atoms with van der Waals surface area (Å²) in [7, 11) is 0. The van der Waals surface area contributed by atoms with Crippen molar-refractivity contribution < 1.29 is 23.2 Å². The first-order chi connectivity index (χ1) is 15.0. The third-order valence-electron chi connectivity index (χ3n) is 5.05. The maximum atomic E-state index is 14.4. The first-order valence-electron chi connectivity index (χ1n) is 9.67. The molecule has 0 unspecified atom stereocenters. The Hall–Kier alpha value is -3.39. The molecule has 160 valence electrons. The highest BCUT2D eigenvalue weighted by Crippen LogP contribution is 2.34. The number of para-hydroxylation sites is 1. The molecule has 3 aromatic rings. The summed E-state index contributed by atoms with van der Waals surface area (Å²) < 4.78 is 24.9. The number of aryl methyl sites for hydroxylation is 1. The van der Waals surface area contributed by atoms with Crippen LogP contribution in [0.1, 0.15) is 16.1 Å². The molecule has 1 fully saturated rings. The number of hydrogen-bond donors (Lipinski definition) is 0. The van der Waals surface area contributed by atoms with Gasteiger partial charge in [-0.25, -0.2) is 9.18 Å². The Balaban J connectivity index is 1.47. The predicted molar refractivity (Wildman–Crippen MR) is 112 cm³/mol. The number of nitrogens with zero attached hydrogens (tertiary/aromatic N) is 3. The lowest BCUT2D eigenvalue weighted by atomic mass is 10.0. The zero-order valence-electron chi connectivity index (χ0n) is 16.7. The van der Waals surface area contributed by atoms with Gasteiger partial charge in [-0.3, -0.25) is 4.79 Å². The summed E-state index contributed by atoms with van der Waals surface area (Å²) in [6.45, 7) is 2.77. The number of halogens is 2. The van der Waals surface area contributed by atoms with Crippen LogP contribution in [-0.4, -0.2) is 53.1 Å². The van der Waals surface area contributed by atoms with Gasteiger partial charge in [0.2, 0.25) is 0 Å². The standard InChI is InChI=1S/C22H19ClFN3O4/c1-14-18(20(25-31-14)19-16(23)8-5-9-17(19)24)21(28)26-10-12-27(13-11-26)22(29)30-15-6-3-2-4-7-15/h2-9H,10-13H2,1H3. The lowest BCUT2D eigenvalue weighted by Crippen LogP contribution is -2.51. The summed E-state index contributed by atoms with van der Waals surface area (Å²) in [6.07, 6.45) is -0.474. The Morgan fingerprint density at radius 1 is 1.03 bits per heavy atom. The number of ether oxygens (including phenoxy) is 1. The summed E-state index contributed by atoms with van der Waals surface area (Å²) in [5.41, 5.74) is 0.248. The highest BCUT2D eigenvalue weighted by molar-refractivity contribution is 6.33. The van der Waals surface area contributed by atoms with Crippen molar-refractivity contribution in [3.8, 4) is 17.0 Å². The summed E-state index contributed by atoms with van der Waals surface area (Å²) in [4.78, 5) is 28.7. The molecule has 9 heteroatoms. The van der Waals surface area contributed by atoms with Crippen molar-refractivity contribution in [1.29, 1.82) is 0 Å². The van der Waals surface area contributed by atoms with E-state index in [4.69, 9.17) is 20.9 Å². The van der Waals surface area contributed by atoms with Gasteiger partial charge in [-0.1, -0.05) is 41.0 Å². The first kappa shape index (κ1) is 20.9. The van der Waals surface area contributed by atoms with Crippen molar-refractivity contribution in [2.24, 2.45) is 0 Å². The van der Waals surface area contributed by atoms with E-state index in [1.54, 1.807) is 36.1 Å². The van der Waals surface area contributed by atoms with Crippen molar-refractivity contribution in [3.63, 3.8) is 0 Å². The molecule has 0 bridgehead atoms. The largest absolute Gasteiger partial charge is 0.415 e. The Morgan fingerprint density at radius 3 is 2.39 bits per heavy atom. The number of benzene rings is 2. The Bertz CT molecular complexity index is 1090. The van der Waals surface area contributed by atoms with Crippen LogP contribution >= 0.6 is 11.6 Å². The van der Waals surface area contributed by atoms with E-state index in [0.717, 1.165) is 0 Å². The van der Waals surface area contributed by atoms with Gasteiger partial charge in [-0.05, 0) is 31.2 Å². The van der Waals surface area contributed by atoms with Crippen LogP contribution in [0.15, 0.2) is 53.1 Å². The Labute approximate surface area is 182 Å². The molecule has 1 saturated heterocycles. The number of amides is 2. The van der Waals surface area contributed by atoms with E-state index in [9.17, 15) is 14.0 Å². The monoisotopic (exact) mass is 443 g/mol. The SMILES string of the molecule is Cc1onc(-c2c(F)cccc2Cl)c1C(=O)N1CCN(C(=O)Oc2ccccc2)CC1. The lowest BCUT2D eigenvalue weighted by Gasteiger charge is -2.34. The predicted octanol–water partition coefficient (Wildman–Crippen LogP) is 4.40. The van der Waals surface area contributed by atoms with Crippen molar-refractivity contribution in [2.75, 3.05) is 26.2 Å². The second-order valence-electron chi connectivity index (χ2n) is 7.02. The molecular weight excluding hydrogens is 425 g/mol. The number of aromatic nitrogens is 1. The fourth-order valence-corrected chi connectivity index (χ4v) is 3.68. The van der Waals surface area contributed by atoms with Crippen molar-refractivity contribution in [1.82, 2.24) is 15.0 Å².